The van der Waals surface area contributed by atoms with E-state index in [1.165, 1.54) is 11.3 Å². The molecular weight excluding hydrogens is 232 g/mol. The van der Waals surface area contributed by atoms with Crippen molar-refractivity contribution < 1.29 is 4.79 Å². The van der Waals surface area contributed by atoms with Crippen LogP contribution >= 0.6 is 11.3 Å². The molecule has 0 atom stereocenters. The van der Waals surface area contributed by atoms with Crippen LogP contribution < -0.4 is 5.32 Å². The first-order chi connectivity index (χ1) is 7.58. The van der Waals surface area contributed by atoms with Gasteiger partial charge < -0.3 is 5.32 Å². The summed E-state index contributed by atoms with van der Waals surface area (Å²) in [7, 11) is 0. The zero-order valence-corrected chi connectivity index (χ0v) is 12.4. The Bertz CT molecular complexity index is 396. The fourth-order valence-corrected chi connectivity index (χ4v) is 2.27. The Balaban J connectivity index is 2.65. The van der Waals surface area contributed by atoms with Gasteiger partial charge in [-0.15, -0.1) is 11.3 Å². The molecule has 0 spiro atoms. The molecule has 4 heteroatoms. The molecule has 0 bridgehead atoms. The highest BCUT2D eigenvalue weighted by atomic mass is 32.1. The molecule has 0 saturated heterocycles. The highest BCUT2D eigenvalue weighted by Crippen LogP contribution is 2.27. The molecular formula is C13H22N2OS. The Kier molecular flexibility index (Phi) is 3.97. The number of aromatic nitrogens is 1. The normalized spacial score (nSPS) is 12.6. The number of hydrogen-bond donors (Lipinski definition) is 1. The van der Waals surface area contributed by atoms with Crippen LogP contribution in [0.1, 0.15) is 53.7 Å². The molecule has 0 aliphatic carbocycles. The van der Waals surface area contributed by atoms with Crippen molar-refractivity contribution >= 4 is 22.4 Å². The molecule has 1 amide bonds. The van der Waals surface area contributed by atoms with Crippen LogP contribution in [0.5, 0.6) is 0 Å². The van der Waals surface area contributed by atoms with Crippen molar-refractivity contribution in [2.45, 2.75) is 53.4 Å². The molecule has 17 heavy (non-hydrogen) atoms. The van der Waals surface area contributed by atoms with Crippen LogP contribution in [-0.4, -0.2) is 10.9 Å². The molecule has 3 nitrogen and oxygen atoms in total. The summed E-state index contributed by atoms with van der Waals surface area (Å²) >= 11 is 1.49. The number of anilines is 1. The molecule has 0 aliphatic rings. The van der Waals surface area contributed by atoms with E-state index in [1.54, 1.807) is 0 Å². The standard InChI is InChI=1S/C13H22N2OS/c1-12(2,3)7-10(16)15-11-14-9(8-17-11)13(4,5)6/h8H,7H2,1-6H3,(H,14,15,16). The van der Waals surface area contributed by atoms with Gasteiger partial charge in [0.2, 0.25) is 5.91 Å². The maximum Gasteiger partial charge on any atom is 0.226 e. The highest BCUT2D eigenvalue weighted by molar-refractivity contribution is 7.13. The maximum absolute atomic E-state index is 11.7. The number of nitrogens with one attached hydrogen (secondary N) is 1. The summed E-state index contributed by atoms with van der Waals surface area (Å²) in [6.07, 6.45) is 0.511. The topological polar surface area (TPSA) is 42.0 Å². The van der Waals surface area contributed by atoms with Gasteiger partial charge in [-0.3, -0.25) is 4.79 Å². The van der Waals surface area contributed by atoms with Crippen molar-refractivity contribution in [2.24, 2.45) is 5.41 Å². The lowest BCUT2D eigenvalue weighted by Crippen LogP contribution is -2.20. The Morgan fingerprint density at radius 3 is 2.29 bits per heavy atom. The minimum absolute atomic E-state index is 0.00813. The number of amides is 1. The van der Waals surface area contributed by atoms with Gasteiger partial charge in [0.25, 0.3) is 0 Å². The van der Waals surface area contributed by atoms with Crippen molar-refractivity contribution in [2.75, 3.05) is 5.32 Å². The van der Waals surface area contributed by atoms with Gasteiger partial charge in [-0.25, -0.2) is 4.98 Å². The number of thiazole rings is 1. The summed E-state index contributed by atoms with van der Waals surface area (Å²) in [5.41, 5.74) is 1.06. The third-order valence-corrected chi connectivity index (χ3v) is 2.97. The van der Waals surface area contributed by atoms with E-state index < -0.39 is 0 Å². The molecule has 0 unspecified atom stereocenters. The van der Waals surface area contributed by atoms with Crippen LogP contribution in [-0.2, 0) is 10.2 Å². The van der Waals surface area contributed by atoms with E-state index in [1.807, 2.05) is 5.38 Å². The zero-order valence-electron chi connectivity index (χ0n) is 11.5. The molecule has 0 aromatic carbocycles. The lowest BCUT2D eigenvalue weighted by Gasteiger charge is -2.16. The van der Waals surface area contributed by atoms with E-state index >= 15 is 0 Å². The Morgan fingerprint density at radius 1 is 1.29 bits per heavy atom. The molecule has 1 aromatic rings. The lowest BCUT2D eigenvalue weighted by molar-refractivity contribution is -0.117. The van der Waals surface area contributed by atoms with Gasteiger partial charge >= 0.3 is 0 Å². The second-order valence-corrected chi connectivity index (χ2v) is 7.43. The van der Waals surface area contributed by atoms with Crippen LogP contribution in [0.2, 0.25) is 0 Å². The molecule has 96 valence electrons. The van der Waals surface area contributed by atoms with Crippen molar-refractivity contribution in [1.29, 1.82) is 0 Å². The van der Waals surface area contributed by atoms with Crippen molar-refractivity contribution in [3.05, 3.63) is 11.1 Å². The fourth-order valence-electron chi connectivity index (χ4n) is 1.32. The number of carbonyl (C=O) groups excluding carboxylic acids is 1. The Labute approximate surface area is 108 Å². The molecule has 0 radical (unpaired) electrons. The first-order valence-corrected chi connectivity index (χ1v) is 6.72. The van der Waals surface area contributed by atoms with Gasteiger partial charge in [-0.2, -0.15) is 0 Å². The van der Waals surface area contributed by atoms with Gasteiger partial charge in [-0.05, 0) is 5.41 Å². The van der Waals surface area contributed by atoms with Gasteiger partial charge in [0.05, 0.1) is 5.69 Å². The van der Waals surface area contributed by atoms with Gasteiger partial charge in [0.1, 0.15) is 0 Å². The molecule has 1 heterocycles. The SMILES string of the molecule is CC(C)(C)CC(=O)Nc1nc(C(C)(C)C)cs1. The third-order valence-electron chi connectivity index (χ3n) is 2.21. The molecule has 1 aromatic heterocycles. The van der Waals surface area contributed by atoms with Crippen LogP contribution in [0.25, 0.3) is 0 Å². The fraction of sp³-hybridized carbons (Fsp3) is 0.692. The zero-order chi connectivity index (χ0) is 13.3. The van der Waals surface area contributed by atoms with E-state index in [2.05, 4.69) is 51.8 Å². The summed E-state index contributed by atoms with van der Waals surface area (Å²) in [5, 5.41) is 5.56. The van der Waals surface area contributed by atoms with Gasteiger partial charge in [0, 0.05) is 17.2 Å². The van der Waals surface area contributed by atoms with Crippen LogP contribution in [0.4, 0.5) is 5.13 Å². The molecule has 1 rings (SSSR count). The smallest absolute Gasteiger partial charge is 0.226 e. The van der Waals surface area contributed by atoms with Crippen LogP contribution in [0.15, 0.2) is 5.38 Å². The van der Waals surface area contributed by atoms with Gasteiger partial charge in [0.15, 0.2) is 5.13 Å². The maximum atomic E-state index is 11.7. The second kappa shape index (κ2) is 4.77. The highest BCUT2D eigenvalue weighted by Gasteiger charge is 2.20. The third kappa shape index (κ3) is 4.86. The first-order valence-electron chi connectivity index (χ1n) is 5.84. The number of hydrogen-bond acceptors (Lipinski definition) is 3. The minimum Gasteiger partial charge on any atom is -0.302 e. The molecule has 0 aliphatic heterocycles. The number of carbonyl (C=O) groups is 1. The van der Waals surface area contributed by atoms with Crippen LogP contribution in [0.3, 0.4) is 0 Å². The van der Waals surface area contributed by atoms with E-state index in [9.17, 15) is 4.79 Å². The number of nitrogens with zero attached hydrogens (tertiary/aromatic N) is 1. The largest absolute Gasteiger partial charge is 0.302 e. The van der Waals surface area contributed by atoms with E-state index in [4.69, 9.17) is 0 Å². The van der Waals surface area contributed by atoms with Crippen molar-refractivity contribution in [1.82, 2.24) is 4.98 Å². The summed E-state index contributed by atoms with van der Waals surface area (Å²) in [5.74, 6) is 0.0345. The van der Waals surface area contributed by atoms with E-state index in [0.29, 0.717) is 11.6 Å². The summed E-state index contributed by atoms with van der Waals surface area (Å²) in [4.78, 5) is 16.2. The Hall–Kier alpha value is -0.900. The average molecular weight is 254 g/mol. The first kappa shape index (κ1) is 14.2. The summed E-state index contributed by atoms with van der Waals surface area (Å²) in [6.45, 7) is 12.5. The van der Waals surface area contributed by atoms with E-state index in [-0.39, 0.29) is 16.7 Å². The average Bonchev–Trinajstić information content (AvgIpc) is 2.47. The Morgan fingerprint density at radius 2 is 1.88 bits per heavy atom. The van der Waals surface area contributed by atoms with Gasteiger partial charge in [-0.1, -0.05) is 41.5 Å². The quantitative estimate of drug-likeness (QED) is 0.872. The summed E-state index contributed by atoms with van der Waals surface area (Å²) in [6, 6.07) is 0. The minimum atomic E-state index is 0.00813. The molecule has 0 fully saturated rings. The second-order valence-electron chi connectivity index (χ2n) is 6.57. The van der Waals surface area contributed by atoms with E-state index in [0.717, 1.165) is 5.69 Å². The predicted octanol–water partition coefficient (Wildman–Crippen LogP) is 3.82. The van der Waals surface area contributed by atoms with Crippen molar-refractivity contribution in [3.63, 3.8) is 0 Å². The van der Waals surface area contributed by atoms with Crippen LogP contribution in [0, 0.1) is 5.41 Å². The number of rotatable bonds is 2. The summed E-state index contributed by atoms with van der Waals surface area (Å²) < 4.78 is 0. The molecule has 0 saturated carbocycles. The lowest BCUT2D eigenvalue weighted by atomic mass is 9.92. The van der Waals surface area contributed by atoms with Crippen molar-refractivity contribution in [3.8, 4) is 0 Å². The molecule has 1 N–H and O–H groups in total. The predicted molar refractivity (Wildman–Crippen MR) is 73.5 cm³/mol. The monoisotopic (exact) mass is 254 g/mol.